The maximum atomic E-state index is 9.88. The molecule has 0 spiro atoms. The first-order chi connectivity index (χ1) is 10.6. The predicted molar refractivity (Wildman–Crippen MR) is 83.2 cm³/mol. The quantitative estimate of drug-likeness (QED) is 0.648. The van der Waals surface area contributed by atoms with Crippen molar-refractivity contribution >= 4 is 23.1 Å². The minimum absolute atomic E-state index is 0.192. The number of aliphatic imine (C=N–C) groups is 1. The van der Waals surface area contributed by atoms with Gasteiger partial charge < -0.3 is 24.4 Å². The fourth-order valence-electron chi connectivity index (χ4n) is 2.62. The summed E-state index contributed by atoms with van der Waals surface area (Å²) in [5.74, 6) is 0. The van der Waals surface area contributed by atoms with E-state index in [0.29, 0.717) is 6.42 Å². The molecule has 22 heavy (non-hydrogen) atoms. The van der Waals surface area contributed by atoms with Crippen molar-refractivity contribution in [1.82, 2.24) is 14.5 Å². The molecule has 3 atom stereocenters. The van der Waals surface area contributed by atoms with Gasteiger partial charge >= 0.3 is 0 Å². The molecule has 1 aliphatic rings. The molecule has 2 N–H and O–H groups in total. The van der Waals surface area contributed by atoms with Gasteiger partial charge in [-0.15, -0.1) is 0 Å². The summed E-state index contributed by atoms with van der Waals surface area (Å²) in [6.45, 7) is -0.192. The molecule has 1 aliphatic heterocycles. The Morgan fingerprint density at radius 1 is 1.50 bits per heavy atom. The molecule has 118 valence electrons. The number of hydrogen-bond donors (Lipinski definition) is 2. The molecular weight excluding hydrogens is 284 g/mol. The van der Waals surface area contributed by atoms with E-state index in [1.165, 1.54) is 0 Å². The molecule has 1 saturated heterocycles. The van der Waals surface area contributed by atoms with Gasteiger partial charge in [0.1, 0.15) is 18.0 Å². The molecule has 0 saturated carbocycles. The van der Waals surface area contributed by atoms with Gasteiger partial charge in [-0.1, -0.05) is 0 Å². The maximum Gasteiger partial charge on any atom is 0.144 e. The molecule has 2 aromatic heterocycles. The average molecular weight is 304 g/mol. The van der Waals surface area contributed by atoms with Crippen LogP contribution < -0.4 is 0 Å². The van der Waals surface area contributed by atoms with Crippen LogP contribution in [0.4, 0.5) is 5.69 Å². The van der Waals surface area contributed by atoms with Crippen molar-refractivity contribution < 1.29 is 14.9 Å². The molecule has 0 amide bonds. The Labute approximate surface area is 128 Å². The van der Waals surface area contributed by atoms with Crippen LogP contribution in [0, 0.1) is 0 Å². The zero-order chi connectivity index (χ0) is 15.7. The van der Waals surface area contributed by atoms with E-state index in [0.717, 1.165) is 16.7 Å². The lowest BCUT2D eigenvalue weighted by Gasteiger charge is -2.14. The van der Waals surface area contributed by atoms with E-state index in [1.807, 2.05) is 41.9 Å². The van der Waals surface area contributed by atoms with E-state index in [-0.39, 0.29) is 12.8 Å². The van der Waals surface area contributed by atoms with E-state index in [9.17, 15) is 10.2 Å². The molecule has 0 aliphatic carbocycles. The second kappa shape index (κ2) is 6.04. The van der Waals surface area contributed by atoms with E-state index < -0.39 is 12.2 Å². The van der Waals surface area contributed by atoms with Gasteiger partial charge in [0.05, 0.1) is 24.7 Å². The molecule has 7 nitrogen and oxygen atoms in total. The first-order valence-corrected chi connectivity index (χ1v) is 7.20. The van der Waals surface area contributed by atoms with Crippen molar-refractivity contribution in [2.75, 3.05) is 20.7 Å². The third kappa shape index (κ3) is 2.70. The van der Waals surface area contributed by atoms with Crippen molar-refractivity contribution in [3.63, 3.8) is 0 Å². The number of pyridine rings is 1. The van der Waals surface area contributed by atoms with E-state index >= 15 is 0 Å². The molecule has 2 aromatic rings. The predicted octanol–water partition coefficient (Wildman–Crippen LogP) is 0.898. The van der Waals surface area contributed by atoms with Gasteiger partial charge in [0, 0.05) is 38.3 Å². The van der Waals surface area contributed by atoms with E-state index in [4.69, 9.17) is 4.74 Å². The molecule has 0 bridgehead atoms. The summed E-state index contributed by atoms with van der Waals surface area (Å²) in [6, 6.07) is 3.79. The van der Waals surface area contributed by atoms with Gasteiger partial charge in [-0.25, -0.2) is 9.98 Å². The Morgan fingerprint density at radius 2 is 2.32 bits per heavy atom. The maximum absolute atomic E-state index is 9.88. The van der Waals surface area contributed by atoms with Gasteiger partial charge in [-0.05, 0) is 12.1 Å². The molecule has 1 fully saturated rings. The number of fused-ring (bicyclic) bond motifs is 1. The third-order valence-corrected chi connectivity index (χ3v) is 3.71. The lowest BCUT2D eigenvalue weighted by atomic mass is 10.2. The smallest absolute Gasteiger partial charge is 0.144 e. The Morgan fingerprint density at radius 3 is 3.00 bits per heavy atom. The van der Waals surface area contributed by atoms with Crippen LogP contribution in [0.2, 0.25) is 0 Å². The average Bonchev–Trinajstić information content (AvgIpc) is 3.08. The minimum atomic E-state index is -0.664. The Kier molecular flexibility index (Phi) is 4.10. The zero-order valence-corrected chi connectivity index (χ0v) is 12.6. The van der Waals surface area contributed by atoms with Crippen molar-refractivity contribution in [2.45, 2.75) is 24.9 Å². The topological polar surface area (TPSA) is 83.1 Å². The number of nitrogens with zero attached hydrogens (tertiary/aromatic N) is 4. The van der Waals surface area contributed by atoms with E-state index in [2.05, 4.69) is 9.98 Å². The van der Waals surface area contributed by atoms with Gasteiger partial charge in [-0.2, -0.15) is 0 Å². The van der Waals surface area contributed by atoms with Gasteiger partial charge in [0.2, 0.25) is 0 Å². The van der Waals surface area contributed by atoms with Crippen LogP contribution in [0.3, 0.4) is 0 Å². The standard InChI is InChI=1S/C15H20N4O3/c1-18(2)9-17-11-3-5-16-15-10(11)4-6-19(15)14-7-12(21)13(8-20)22-14/h3-6,9,12-14,20-21H,7-8H2,1-2H3/t12-,13+,14+/m0/s1. The summed E-state index contributed by atoms with van der Waals surface area (Å²) < 4.78 is 7.57. The summed E-state index contributed by atoms with van der Waals surface area (Å²) in [6.07, 6.45) is 4.22. The highest BCUT2D eigenvalue weighted by atomic mass is 16.5. The van der Waals surface area contributed by atoms with Crippen LogP contribution in [0.1, 0.15) is 12.6 Å². The normalized spacial score (nSPS) is 25.4. The second-order valence-electron chi connectivity index (χ2n) is 5.61. The van der Waals surface area contributed by atoms with Crippen LogP contribution >= 0.6 is 0 Å². The van der Waals surface area contributed by atoms with Crippen LogP contribution in [0.25, 0.3) is 11.0 Å². The van der Waals surface area contributed by atoms with Gasteiger partial charge in [0.15, 0.2) is 0 Å². The number of rotatable bonds is 4. The summed E-state index contributed by atoms with van der Waals surface area (Å²) in [7, 11) is 3.83. The molecule has 0 radical (unpaired) electrons. The second-order valence-corrected chi connectivity index (χ2v) is 5.61. The lowest BCUT2D eigenvalue weighted by Crippen LogP contribution is -2.24. The number of aromatic nitrogens is 2. The molecule has 0 unspecified atom stereocenters. The zero-order valence-electron chi connectivity index (χ0n) is 12.6. The number of hydrogen-bond acceptors (Lipinski definition) is 5. The SMILES string of the molecule is CN(C)C=Nc1ccnc2c1ccn2[C@H]1C[C@H](O)[C@@H](CO)O1. The summed E-state index contributed by atoms with van der Waals surface area (Å²) >= 11 is 0. The Balaban J connectivity index is 1.95. The largest absolute Gasteiger partial charge is 0.394 e. The first kappa shape index (κ1) is 15.0. The monoisotopic (exact) mass is 304 g/mol. The molecule has 3 heterocycles. The Bertz CT molecular complexity index is 682. The highest BCUT2D eigenvalue weighted by Gasteiger charge is 2.34. The fraction of sp³-hybridized carbons (Fsp3) is 0.467. The summed E-state index contributed by atoms with van der Waals surface area (Å²) in [4.78, 5) is 10.7. The van der Waals surface area contributed by atoms with Crippen LogP contribution in [-0.2, 0) is 4.74 Å². The van der Waals surface area contributed by atoms with Crippen LogP contribution in [0.5, 0.6) is 0 Å². The molecule has 0 aromatic carbocycles. The fourth-order valence-corrected chi connectivity index (χ4v) is 2.62. The number of aliphatic hydroxyl groups excluding tert-OH is 2. The van der Waals surface area contributed by atoms with Crippen LogP contribution in [-0.4, -0.2) is 63.9 Å². The van der Waals surface area contributed by atoms with Gasteiger partial charge in [-0.3, -0.25) is 0 Å². The third-order valence-electron chi connectivity index (χ3n) is 3.71. The summed E-state index contributed by atoms with van der Waals surface area (Å²) in [5, 5.41) is 20.0. The summed E-state index contributed by atoms with van der Waals surface area (Å²) in [5.41, 5.74) is 1.58. The number of aliphatic hydroxyl groups is 2. The molecule has 3 rings (SSSR count). The van der Waals surface area contributed by atoms with Crippen molar-refractivity contribution in [3.05, 3.63) is 24.5 Å². The van der Waals surface area contributed by atoms with Gasteiger partial charge in [0.25, 0.3) is 0 Å². The highest BCUT2D eigenvalue weighted by Crippen LogP contribution is 2.33. The minimum Gasteiger partial charge on any atom is -0.394 e. The number of ether oxygens (including phenoxy) is 1. The first-order valence-electron chi connectivity index (χ1n) is 7.20. The van der Waals surface area contributed by atoms with Crippen molar-refractivity contribution in [1.29, 1.82) is 0 Å². The van der Waals surface area contributed by atoms with Crippen molar-refractivity contribution in [3.8, 4) is 0 Å². The molecular formula is C15H20N4O3. The van der Waals surface area contributed by atoms with Crippen LogP contribution in [0.15, 0.2) is 29.5 Å². The van der Waals surface area contributed by atoms with E-state index in [1.54, 1.807) is 12.5 Å². The lowest BCUT2D eigenvalue weighted by molar-refractivity contribution is -0.0430. The molecule has 7 heteroatoms. The Hall–Kier alpha value is -1.96. The highest BCUT2D eigenvalue weighted by molar-refractivity contribution is 5.89. The van der Waals surface area contributed by atoms with Crippen molar-refractivity contribution in [2.24, 2.45) is 4.99 Å².